The Balaban J connectivity index is 2.08. The Morgan fingerprint density at radius 2 is 1.89 bits per heavy atom. The molecule has 0 spiro atoms. The van der Waals surface area contributed by atoms with Crippen LogP contribution in [0.3, 0.4) is 0 Å². The van der Waals surface area contributed by atoms with Crippen LogP contribution < -0.4 is 0 Å². The normalized spacial score (nSPS) is 12.1. The molecule has 19 heavy (non-hydrogen) atoms. The zero-order valence-corrected chi connectivity index (χ0v) is 11.7. The summed E-state index contributed by atoms with van der Waals surface area (Å²) in [5, 5.41) is 9.23. The molecule has 2 rings (SSSR count). The molecular weight excluding hydrogens is 308 g/mol. The zero-order chi connectivity index (χ0) is 13.7. The van der Waals surface area contributed by atoms with Gasteiger partial charge in [0.25, 0.3) is 0 Å². The molecule has 0 radical (unpaired) electrons. The van der Waals surface area contributed by atoms with Crippen molar-refractivity contribution in [2.45, 2.75) is 12.7 Å². The molecule has 0 aliphatic carbocycles. The molecule has 1 unspecified atom stereocenters. The zero-order valence-electron chi connectivity index (χ0n) is 10.1. The van der Waals surface area contributed by atoms with Crippen molar-refractivity contribution in [3.05, 3.63) is 70.2 Å². The minimum atomic E-state index is -0.985. The fourth-order valence-electron chi connectivity index (χ4n) is 1.74. The van der Waals surface area contributed by atoms with Crippen molar-refractivity contribution < 1.29 is 14.6 Å². The number of carbonyl (C=O) groups is 1. The van der Waals surface area contributed by atoms with Gasteiger partial charge in [0.1, 0.15) is 0 Å². The van der Waals surface area contributed by atoms with E-state index in [0.717, 1.165) is 10.0 Å². The largest absolute Gasteiger partial charge is 0.479 e. The molecule has 1 atom stereocenters. The highest BCUT2D eigenvalue weighted by atomic mass is 79.9. The molecule has 0 fully saturated rings. The predicted octanol–water partition coefficient (Wildman–Crippen LogP) is 3.79. The summed E-state index contributed by atoms with van der Waals surface area (Å²) in [5.41, 5.74) is 1.57. The maximum atomic E-state index is 11.3. The lowest BCUT2D eigenvalue weighted by Gasteiger charge is -2.14. The maximum Gasteiger partial charge on any atom is 0.337 e. The third-order valence-electron chi connectivity index (χ3n) is 2.63. The van der Waals surface area contributed by atoms with E-state index in [1.165, 1.54) is 0 Å². The van der Waals surface area contributed by atoms with Gasteiger partial charge in [0.2, 0.25) is 0 Å². The Labute approximate surface area is 120 Å². The number of ether oxygens (including phenoxy) is 1. The molecule has 2 aromatic rings. The van der Waals surface area contributed by atoms with Crippen molar-refractivity contribution in [3.63, 3.8) is 0 Å². The molecule has 0 heterocycles. The highest BCUT2D eigenvalue weighted by Gasteiger charge is 2.20. The van der Waals surface area contributed by atoms with Crippen LogP contribution in [0.2, 0.25) is 0 Å². The monoisotopic (exact) mass is 320 g/mol. The Morgan fingerprint density at radius 3 is 2.53 bits per heavy atom. The van der Waals surface area contributed by atoms with E-state index in [0.29, 0.717) is 5.56 Å². The number of hydrogen-bond acceptors (Lipinski definition) is 2. The third kappa shape index (κ3) is 3.91. The standard InChI is InChI=1S/C15H13BrO3/c16-13-8-4-5-11(9-13)10-19-14(15(17)18)12-6-2-1-3-7-12/h1-9,14H,10H2,(H,17,18). The lowest BCUT2D eigenvalue weighted by molar-refractivity contribution is -0.151. The SMILES string of the molecule is O=C(O)C(OCc1cccc(Br)c1)c1ccccc1. The number of halogens is 1. The van der Waals surface area contributed by atoms with Gasteiger partial charge in [0, 0.05) is 4.47 Å². The Kier molecular flexibility index (Phi) is 4.71. The third-order valence-corrected chi connectivity index (χ3v) is 3.13. The van der Waals surface area contributed by atoms with Crippen molar-refractivity contribution in [1.29, 1.82) is 0 Å². The van der Waals surface area contributed by atoms with Crippen molar-refractivity contribution in [3.8, 4) is 0 Å². The second kappa shape index (κ2) is 6.50. The van der Waals surface area contributed by atoms with E-state index in [1.54, 1.807) is 24.3 Å². The van der Waals surface area contributed by atoms with Gasteiger partial charge in [-0.25, -0.2) is 4.79 Å². The molecule has 0 saturated heterocycles. The minimum absolute atomic E-state index is 0.255. The van der Waals surface area contributed by atoms with Crippen LogP contribution in [0.25, 0.3) is 0 Å². The fourth-order valence-corrected chi connectivity index (χ4v) is 2.19. The highest BCUT2D eigenvalue weighted by Crippen LogP contribution is 2.20. The molecule has 0 aromatic heterocycles. The van der Waals surface area contributed by atoms with E-state index in [4.69, 9.17) is 4.74 Å². The molecule has 3 nitrogen and oxygen atoms in total. The van der Waals surface area contributed by atoms with Crippen LogP contribution in [-0.4, -0.2) is 11.1 Å². The first-order valence-corrected chi connectivity index (χ1v) is 6.60. The smallest absolute Gasteiger partial charge is 0.337 e. The Bertz CT molecular complexity index is 554. The predicted molar refractivity (Wildman–Crippen MR) is 75.7 cm³/mol. The van der Waals surface area contributed by atoms with Crippen LogP contribution in [0, 0.1) is 0 Å². The lowest BCUT2D eigenvalue weighted by Crippen LogP contribution is -2.15. The highest BCUT2D eigenvalue weighted by molar-refractivity contribution is 9.10. The molecule has 0 saturated carbocycles. The van der Waals surface area contributed by atoms with Gasteiger partial charge in [-0.2, -0.15) is 0 Å². The summed E-state index contributed by atoms with van der Waals surface area (Å²) >= 11 is 3.37. The van der Waals surface area contributed by atoms with Crippen LogP contribution in [0.5, 0.6) is 0 Å². The number of benzene rings is 2. The molecule has 98 valence electrons. The molecule has 1 N–H and O–H groups in total. The number of carboxylic acid groups (broad SMARTS) is 1. The number of rotatable bonds is 5. The number of aliphatic carboxylic acids is 1. The molecule has 0 aliphatic rings. The summed E-state index contributed by atoms with van der Waals surface area (Å²) in [6.45, 7) is 0.255. The summed E-state index contributed by atoms with van der Waals surface area (Å²) in [5.74, 6) is -0.985. The van der Waals surface area contributed by atoms with E-state index in [9.17, 15) is 9.90 Å². The van der Waals surface area contributed by atoms with E-state index in [-0.39, 0.29) is 6.61 Å². The average molecular weight is 321 g/mol. The van der Waals surface area contributed by atoms with E-state index >= 15 is 0 Å². The first kappa shape index (κ1) is 13.8. The van der Waals surface area contributed by atoms with E-state index in [1.807, 2.05) is 30.3 Å². The van der Waals surface area contributed by atoms with Crippen LogP contribution in [0.1, 0.15) is 17.2 Å². The van der Waals surface area contributed by atoms with Crippen molar-refractivity contribution in [1.82, 2.24) is 0 Å². The van der Waals surface area contributed by atoms with Gasteiger partial charge in [-0.15, -0.1) is 0 Å². The minimum Gasteiger partial charge on any atom is -0.479 e. The van der Waals surface area contributed by atoms with Crippen molar-refractivity contribution in [2.24, 2.45) is 0 Å². The second-order valence-electron chi connectivity index (χ2n) is 4.07. The van der Waals surface area contributed by atoms with Crippen molar-refractivity contribution in [2.75, 3.05) is 0 Å². The number of hydrogen-bond donors (Lipinski definition) is 1. The average Bonchev–Trinajstić information content (AvgIpc) is 2.40. The van der Waals surface area contributed by atoms with Gasteiger partial charge in [-0.05, 0) is 23.3 Å². The number of carboxylic acids is 1. The quantitative estimate of drug-likeness (QED) is 0.911. The molecule has 4 heteroatoms. The van der Waals surface area contributed by atoms with Gasteiger partial charge < -0.3 is 9.84 Å². The van der Waals surface area contributed by atoms with E-state index < -0.39 is 12.1 Å². The first-order chi connectivity index (χ1) is 9.16. The molecule has 0 aliphatic heterocycles. The molecule has 0 amide bonds. The van der Waals surface area contributed by atoms with Gasteiger partial charge in [0.05, 0.1) is 6.61 Å². The Hall–Kier alpha value is -1.65. The van der Waals surface area contributed by atoms with E-state index in [2.05, 4.69) is 15.9 Å². The lowest BCUT2D eigenvalue weighted by atomic mass is 10.1. The van der Waals surface area contributed by atoms with Gasteiger partial charge in [-0.3, -0.25) is 0 Å². The van der Waals surface area contributed by atoms with Crippen LogP contribution in [0.4, 0.5) is 0 Å². The maximum absolute atomic E-state index is 11.3. The van der Waals surface area contributed by atoms with Crippen LogP contribution >= 0.6 is 15.9 Å². The summed E-state index contributed by atoms with van der Waals surface area (Å²) in [4.78, 5) is 11.3. The first-order valence-electron chi connectivity index (χ1n) is 5.80. The van der Waals surface area contributed by atoms with Crippen molar-refractivity contribution >= 4 is 21.9 Å². The van der Waals surface area contributed by atoms with Gasteiger partial charge in [0.15, 0.2) is 6.10 Å². The molecule has 0 bridgehead atoms. The Morgan fingerprint density at radius 1 is 1.16 bits per heavy atom. The van der Waals surface area contributed by atoms with Crippen LogP contribution in [-0.2, 0) is 16.1 Å². The summed E-state index contributed by atoms with van der Waals surface area (Å²) < 4.78 is 6.45. The van der Waals surface area contributed by atoms with Gasteiger partial charge >= 0.3 is 5.97 Å². The fraction of sp³-hybridized carbons (Fsp3) is 0.133. The molecule has 2 aromatic carbocycles. The van der Waals surface area contributed by atoms with Gasteiger partial charge in [-0.1, -0.05) is 58.4 Å². The summed E-state index contributed by atoms with van der Waals surface area (Å²) in [6, 6.07) is 16.5. The second-order valence-corrected chi connectivity index (χ2v) is 4.99. The summed E-state index contributed by atoms with van der Waals surface area (Å²) in [7, 11) is 0. The summed E-state index contributed by atoms with van der Waals surface area (Å²) in [6.07, 6.45) is -0.944. The topological polar surface area (TPSA) is 46.5 Å². The van der Waals surface area contributed by atoms with Crippen LogP contribution in [0.15, 0.2) is 59.1 Å². The molecular formula is C15H13BrO3.